The fourth-order valence-corrected chi connectivity index (χ4v) is 5.65. The number of ketones is 1. The lowest BCUT2D eigenvalue weighted by Crippen LogP contribution is -2.60. The molecule has 0 aliphatic carbocycles. The molecule has 14 heteroatoms. The number of nitrogens with one attached hydrogen (secondary N) is 1. The largest absolute Gasteiger partial charge is 0.493 e. The van der Waals surface area contributed by atoms with E-state index in [1.165, 1.54) is 25.9 Å². The standard InChI is InChI=1S/C40H53N3O11/c1-10-34(45)52-25-40(5,6)36(47)37(48)43-21-20-42(7)24-29(43)38(49)53-30(16-14-26-15-17-31(50-8)32(22-26)51-9)27-12-11-13-28(23-27)41-33(44)18-19-35(46)54-39(2,3)4/h10-13,15,17,22-23,29-30H,1,14,16,18-21,24-25H2,2-9H3,(H,41,44). The van der Waals surface area contributed by atoms with Crippen molar-refractivity contribution in [2.45, 2.75) is 78.0 Å². The molecule has 0 radical (unpaired) electrons. The number of likely N-dealkylation sites (N-methyl/N-ethyl adjacent to an activating group) is 1. The number of benzene rings is 2. The summed E-state index contributed by atoms with van der Waals surface area (Å²) in [5.74, 6) is -2.95. The van der Waals surface area contributed by atoms with Crippen LogP contribution in [0.15, 0.2) is 55.1 Å². The molecule has 0 bridgehead atoms. The molecule has 14 nitrogen and oxygen atoms in total. The Balaban J connectivity index is 1.87. The van der Waals surface area contributed by atoms with Crippen LogP contribution in [0, 0.1) is 5.41 Å². The molecular weight excluding hydrogens is 698 g/mol. The summed E-state index contributed by atoms with van der Waals surface area (Å²) in [7, 11) is 4.87. The number of aryl methyl sites for hydroxylation is 1. The maximum atomic E-state index is 14.1. The highest BCUT2D eigenvalue weighted by Crippen LogP contribution is 2.32. The van der Waals surface area contributed by atoms with Crippen molar-refractivity contribution in [3.8, 4) is 11.5 Å². The third kappa shape index (κ3) is 12.7. The normalized spacial score (nSPS) is 15.3. The maximum absolute atomic E-state index is 14.1. The van der Waals surface area contributed by atoms with Gasteiger partial charge in [0.1, 0.15) is 24.4 Å². The number of anilines is 1. The minimum absolute atomic E-state index is 0.0878. The lowest BCUT2D eigenvalue weighted by atomic mass is 9.87. The predicted octanol–water partition coefficient (Wildman–Crippen LogP) is 4.45. The molecule has 2 atom stereocenters. The van der Waals surface area contributed by atoms with E-state index >= 15 is 0 Å². The van der Waals surface area contributed by atoms with Crippen LogP contribution >= 0.6 is 0 Å². The summed E-state index contributed by atoms with van der Waals surface area (Å²) in [6.45, 7) is 11.8. The van der Waals surface area contributed by atoms with Crippen molar-refractivity contribution in [3.05, 3.63) is 66.2 Å². The molecule has 1 aliphatic rings. The lowest BCUT2D eigenvalue weighted by molar-refractivity contribution is -0.166. The fraction of sp³-hybridized carbons (Fsp3) is 0.500. The number of esters is 3. The van der Waals surface area contributed by atoms with E-state index in [0.29, 0.717) is 42.1 Å². The zero-order valence-electron chi connectivity index (χ0n) is 32.5. The quantitative estimate of drug-likeness (QED) is 0.105. The summed E-state index contributed by atoms with van der Waals surface area (Å²) in [6, 6.07) is 11.2. The van der Waals surface area contributed by atoms with Crippen LogP contribution in [-0.4, -0.2) is 104 Å². The molecular formula is C40H53N3O11. The Morgan fingerprint density at radius 1 is 0.944 bits per heavy atom. The maximum Gasteiger partial charge on any atom is 0.330 e. The number of amides is 2. The van der Waals surface area contributed by atoms with E-state index in [4.69, 9.17) is 23.7 Å². The number of ether oxygens (including phenoxy) is 5. The minimum Gasteiger partial charge on any atom is -0.493 e. The Labute approximate surface area is 317 Å². The van der Waals surface area contributed by atoms with Gasteiger partial charge in [-0.1, -0.05) is 24.8 Å². The molecule has 0 spiro atoms. The number of rotatable bonds is 17. The first-order chi connectivity index (χ1) is 25.4. The van der Waals surface area contributed by atoms with Gasteiger partial charge in [-0.25, -0.2) is 9.59 Å². The number of nitrogens with zero attached hydrogens (tertiary/aromatic N) is 2. The fourth-order valence-electron chi connectivity index (χ4n) is 5.65. The van der Waals surface area contributed by atoms with Gasteiger partial charge in [-0.05, 0) is 89.9 Å². The average molecular weight is 752 g/mol. The van der Waals surface area contributed by atoms with E-state index in [0.717, 1.165) is 11.6 Å². The summed E-state index contributed by atoms with van der Waals surface area (Å²) in [5.41, 5.74) is -0.172. The Kier molecular flexibility index (Phi) is 15.3. The number of piperazine rings is 1. The van der Waals surface area contributed by atoms with Crippen molar-refractivity contribution in [1.29, 1.82) is 0 Å². The Hall–Kier alpha value is -5.24. The molecule has 54 heavy (non-hydrogen) atoms. The second kappa shape index (κ2) is 19.2. The lowest BCUT2D eigenvalue weighted by Gasteiger charge is -2.39. The van der Waals surface area contributed by atoms with Gasteiger partial charge in [0.05, 0.1) is 26.1 Å². The zero-order valence-corrected chi connectivity index (χ0v) is 32.5. The number of hydrogen-bond donors (Lipinski definition) is 1. The van der Waals surface area contributed by atoms with E-state index in [1.54, 1.807) is 65.3 Å². The monoisotopic (exact) mass is 751 g/mol. The Bertz CT molecular complexity index is 1700. The molecule has 0 aromatic heterocycles. The van der Waals surface area contributed by atoms with Crippen LogP contribution in [0.4, 0.5) is 5.69 Å². The molecule has 294 valence electrons. The first-order valence-corrected chi connectivity index (χ1v) is 17.7. The van der Waals surface area contributed by atoms with E-state index in [2.05, 4.69) is 11.9 Å². The van der Waals surface area contributed by atoms with E-state index in [-0.39, 0.29) is 32.5 Å². The van der Waals surface area contributed by atoms with Crippen molar-refractivity contribution in [3.63, 3.8) is 0 Å². The van der Waals surface area contributed by atoms with Gasteiger partial charge >= 0.3 is 17.9 Å². The van der Waals surface area contributed by atoms with E-state index < -0.39 is 58.7 Å². The second-order valence-corrected chi connectivity index (χ2v) is 14.7. The van der Waals surface area contributed by atoms with Crippen LogP contribution in [0.3, 0.4) is 0 Å². The molecule has 1 aliphatic heterocycles. The van der Waals surface area contributed by atoms with E-state index in [1.807, 2.05) is 17.0 Å². The SMILES string of the molecule is C=CC(=O)OCC(C)(C)C(=O)C(=O)N1CCN(C)CC1C(=O)OC(CCc1ccc(OC)c(OC)c1)c1cccc(NC(=O)CCC(=O)OC(C)(C)C)c1. The Morgan fingerprint density at radius 2 is 1.65 bits per heavy atom. The molecule has 2 aromatic carbocycles. The van der Waals surface area contributed by atoms with Gasteiger partial charge in [0.2, 0.25) is 11.7 Å². The summed E-state index contributed by atoms with van der Waals surface area (Å²) >= 11 is 0. The van der Waals surface area contributed by atoms with Gasteiger partial charge < -0.3 is 38.8 Å². The number of methoxy groups -OCH3 is 2. The van der Waals surface area contributed by atoms with Gasteiger partial charge in [0.15, 0.2) is 11.5 Å². The molecule has 2 unspecified atom stereocenters. The third-order valence-electron chi connectivity index (χ3n) is 8.59. The van der Waals surface area contributed by atoms with E-state index in [9.17, 15) is 28.8 Å². The van der Waals surface area contributed by atoms with Gasteiger partial charge in [0.25, 0.3) is 5.91 Å². The van der Waals surface area contributed by atoms with Gasteiger partial charge in [-0.3, -0.25) is 19.2 Å². The van der Waals surface area contributed by atoms with Crippen LogP contribution in [-0.2, 0) is 49.4 Å². The zero-order chi connectivity index (χ0) is 40.2. The molecule has 0 saturated carbocycles. The van der Waals surface area contributed by atoms with Crippen molar-refractivity contribution in [2.24, 2.45) is 5.41 Å². The number of carbonyl (C=O) groups excluding carboxylic acids is 6. The first kappa shape index (κ1) is 43.2. The van der Waals surface area contributed by atoms with Crippen LogP contribution < -0.4 is 14.8 Å². The predicted molar refractivity (Wildman–Crippen MR) is 200 cm³/mol. The van der Waals surface area contributed by atoms with Crippen molar-refractivity contribution >= 4 is 41.2 Å². The molecule has 3 rings (SSSR count). The summed E-state index contributed by atoms with van der Waals surface area (Å²) in [6.07, 6.45) is 0.662. The topological polar surface area (TPSA) is 167 Å². The molecule has 2 amide bonds. The minimum atomic E-state index is -1.37. The van der Waals surface area contributed by atoms with Gasteiger partial charge in [-0.2, -0.15) is 0 Å². The highest BCUT2D eigenvalue weighted by molar-refractivity contribution is 6.38. The van der Waals surface area contributed by atoms with Crippen molar-refractivity contribution in [1.82, 2.24) is 9.80 Å². The molecule has 1 heterocycles. The molecule has 1 N–H and O–H groups in total. The van der Waals surface area contributed by atoms with Gasteiger partial charge in [-0.15, -0.1) is 0 Å². The molecule has 1 saturated heterocycles. The average Bonchev–Trinajstić information content (AvgIpc) is 3.13. The summed E-state index contributed by atoms with van der Waals surface area (Å²) in [5, 5.41) is 2.80. The van der Waals surface area contributed by atoms with Crippen LogP contribution in [0.5, 0.6) is 11.5 Å². The van der Waals surface area contributed by atoms with Gasteiger partial charge in [0, 0.05) is 37.8 Å². The second-order valence-electron chi connectivity index (χ2n) is 14.7. The van der Waals surface area contributed by atoms with Crippen molar-refractivity contribution < 1.29 is 52.5 Å². The molecule has 2 aromatic rings. The van der Waals surface area contributed by atoms with Crippen molar-refractivity contribution in [2.75, 3.05) is 52.8 Å². The third-order valence-corrected chi connectivity index (χ3v) is 8.59. The smallest absolute Gasteiger partial charge is 0.330 e. The van der Waals surface area contributed by atoms with Crippen LogP contribution in [0.1, 0.15) is 71.1 Å². The summed E-state index contributed by atoms with van der Waals surface area (Å²) < 4.78 is 27.4. The van der Waals surface area contributed by atoms with Crippen LogP contribution in [0.2, 0.25) is 0 Å². The number of Topliss-reactive ketones (excluding diaryl/α,β-unsaturated/α-hetero) is 1. The van der Waals surface area contributed by atoms with Crippen LogP contribution in [0.25, 0.3) is 0 Å². The Morgan fingerprint density at radius 3 is 2.30 bits per heavy atom. The first-order valence-electron chi connectivity index (χ1n) is 17.7. The summed E-state index contributed by atoms with van der Waals surface area (Å²) in [4.78, 5) is 80.9. The molecule has 1 fully saturated rings. The number of hydrogen-bond acceptors (Lipinski definition) is 12. The highest BCUT2D eigenvalue weighted by atomic mass is 16.6. The number of carbonyl (C=O) groups is 6. The highest BCUT2D eigenvalue weighted by Gasteiger charge is 2.43.